The Kier molecular flexibility index (Phi) is 4.15. The van der Waals surface area contributed by atoms with E-state index in [1.165, 1.54) is 11.1 Å². The van der Waals surface area contributed by atoms with E-state index in [1.807, 2.05) is 36.4 Å². The van der Waals surface area contributed by atoms with Crippen LogP contribution in [-0.4, -0.2) is 15.0 Å². The Morgan fingerprint density at radius 2 is 1.11 bits per heavy atom. The van der Waals surface area contributed by atoms with E-state index in [4.69, 9.17) is 11.6 Å². The Hall–Kier alpha value is -3.43. The van der Waals surface area contributed by atoms with Crippen molar-refractivity contribution in [2.45, 2.75) is 0 Å². The third-order valence-electron chi connectivity index (χ3n) is 4.76. The summed E-state index contributed by atoms with van der Waals surface area (Å²) in [6.45, 7) is 0. The Morgan fingerprint density at radius 1 is 0.536 bits per heavy atom. The smallest absolute Gasteiger partial charge is 0.114 e. The summed E-state index contributed by atoms with van der Waals surface area (Å²) < 4.78 is 0. The van der Waals surface area contributed by atoms with Gasteiger partial charge in [0.15, 0.2) is 0 Å². The van der Waals surface area contributed by atoms with Crippen molar-refractivity contribution in [3.05, 3.63) is 102 Å². The fraction of sp³-hybridized carbons (Fsp3) is 0. The summed E-state index contributed by atoms with van der Waals surface area (Å²) in [6, 6.07) is 32.6. The van der Waals surface area contributed by atoms with Gasteiger partial charge in [-0.15, -0.1) is 10.2 Å². The van der Waals surface area contributed by atoms with Crippen LogP contribution in [-0.2, 0) is 0 Å². The molecular formula is C24H16ClN3. The van der Waals surface area contributed by atoms with Crippen molar-refractivity contribution in [1.82, 2.24) is 15.0 Å². The van der Waals surface area contributed by atoms with Gasteiger partial charge in [0.1, 0.15) is 11.0 Å². The van der Waals surface area contributed by atoms with Crippen LogP contribution < -0.4 is 0 Å². The molecule has 0 N–H and O–H groups in total. The molecule has 0 aliphatic heterocycles. The van der Waals surface area contributed by atoms with Crippen LogP contribution >= 0.6 is 11.6 Å². The zero-order valence-corrected chi connectivity index (χ0v) is 15.7. The Balaban J connectivity index is 1.48. The van der Waals surface area contributed by atoms with E-state index in [1.54, 1.807) is 4.80 Å². The van der Waals surface area contributed by atoms with Gasteiger partial charge in [0.2, 0.25) is 0 Å². The van der Waals surface area contributed by atoms with E-state index in [9.17, 15) is 0 Å². The third-order valence-corrected chi connectivity index (χ3v) is 5.02. The van der Waals surface area contributed by atoms with Crippen molar-refractivity contribution >= 4 is 22.6 Å². The van der Waals surface area contributed by atoms with Crippen molar-refractivity contribution < 1.29 is 0 Å². The molecule has 0 saturated heterocycles. The average Bonchev–Trinajstić information content (AvgIpc) is 3.18. The van der Waals surface area contributed by atoms with E-state index in [-0.39, 0.29) is 0 Å². The van der Waals surface area contributed by atoms with Gasteiger partial charge < -0.3 is 0 Å². The van der Waals surface area contributed by atoms with Gasteiger partial charge in [0.25, 0.3) is 0 Å². The van der Waals surface area contributed by atoms with Crippen molar-refractivity contribution in [3.63, 3.8) is 0 Å². The number of halogens is 1. The van der Waals surface area contributed by atoms with Crippen LogP contribution in [0.15, 0.2) is 97.1 Å². The first kappa shape index (κ1) is 16.7. The molecule has 0 bridgehead atoms. The van der Waals surface area contributed by atoms with Gasteiger partial charge in [0, 0.05) is 5.02 Å². The van der Waals surface area contributed by atoms with Crippen LogP contribution in [0.5, 0.6) is 0 Å². The maximum absolute atomic E-state index is 5.97. The lowest BCUT2D eigenvalue weighted by molar-refractivity contribution is 0.766. The fourth-order valence-electron chi connectivity index (χ4n) is 3.27. The molecule has 5 aromatic rings. The molecule has 0 unspecified atom stereocenters. The molecule has 0 fully saturated rings. The Labute approximate surface area is 167 Å². The lowest BCUT2D eigenvalue weighted by Gasteiger charge is -2.05. The van der Waals surface area contributed by atoms with E-state index in [0.717, 1.165) is 27.8 Å². The lowest BCUT2D eigenvalue weighted by Crippen LogP contribution is -1.97. The normalized spacial score (nSPS) is 11.0. The number of hydrogen-bond donors (Lipinski definition) is 0. The highest BCUT2D eigenvalue weighted by molar-refractivity contribution is 6.30. The third kappa shape index (κ3) is 3.17. The predicted octanol–water partition coefficient (Wildman–Crippen LogP) is 6.41. The lowest BCUT2D eigenvalue weighted by atomic mass is 10.0. The van der Waals surface area contributed by atoms with E-state index in [0.29, 0.717) is 5.02 Å². The topological polar surface area (TPSA) is 30.7 Å². The first-order valence-corrected chi connectivity index (χ1v) is 9.43. The number of hydrogen-bond acceptors (Lipinski definition) is 2. The number of benzene rings is 4. The number of aromatic nitrogens is 3. The highest BCUT2D eigenvalue weighted by Crippen LogP contribution is 2.27. The van der Waals surface area contributed by atoms with Gasteiger partial charge in [-0.2, -0.15) is 4.80 Å². The summed E-state index contributed by atoms with van der Waals surface area (Å²) in [5.41, 5.74) is 7.31. The number of fused-ring (bicyclic) bond motifs is 1. The molecular weight excluding hydrogens is 366 g/mol. The van der Waals surface area contributed by atoms with E-state index in [2.05, 4.69) is 70.9 Å². The largest absolute Gasteiger partial charge is 0.150 e. The summed E-state index contributed by atoms with van der Waals surface area (Å²) in [4.78, 5) is 1.64. The molecule has 4 aromatic carbocycles. The van der Waals surface area contributed by atoms with Crippen molar-refractivity contribution in [3.8, 4) is 27.9 Å². The van der Waals surface area contributed by atoms with Gasteiger partial charge in [-0.25, -0.2) is 0 Å². The van der Waals surface area contributed by atoms with Crippen molar-refractivity contribution in [2.75, 3.05) is 0 Å². The molecule has 0 saturated carbocycles. The number of nitrogens with zero attached hydrogens (tertiary/aromatic N) is 3. The molecule has 0 radical (unpaired) electrons. The molecule has 0 amide bonds. The Morgan fingerprint density at radius 3 is 1.82 bits per heavy atom. The highest BCUT2D eigenvalue weighted by Gasteiger charge is 2.07. The first-order chi connectivity index (χ1) is 13.8. The van der Waals surface area contributed by atoms with Gasteiger partial charge >= 0.3 is 0 Å². The monoisotopic (exact) mass is 381 g/mol. The molecule has 0 atom stereocenters. The molecule has 4 heteroatoms. The maximum atomic E-state index is 5.97. The molecule has 0 spiro atoms. The summed E-state index contributed by atoms with van der Waals surface area (Å²) >= 11 is 5.97. The fourth-order valence-corrected chi connectivity index (χ4v) is 3.40. The average molecular weight is 382 g/mol. The van der Waals surface area contributed by atoms with E-state index >= 15 is 0 Å². The minimum Gasteiger partial charge on any atom is -0.150 e. The second-order valence-electron chi connectivity index (χ2n) is 6.61. The summed E-state index contributed by atoms with van der Waals surface area (Å²) in [6.07, 6.45) is 0. The SMILES string of the molecule is Clc1ccc(-n2nc3ccc(-c4ccc(-c5ccccc5)cc4)cc3n2)cc1. The predicted molar refractivity (Wildman–Crippen MR) is 115 cm³/mol. The van der Waals surface area contributed by atoms with Gasteiger partial charge in [-0.05, 0) is 58.7 Å². The first-order valence-electron chi connectivity index (χ1n) is 9.05. The maximum Gasteiger partial charge on any atom is 0.114 e. The second-order valence-corrected chi connectivity index (χ2v) is 7.05. The second kappa shape index (κ2) is 6.95. The molecule has 0 aliphatic carbocycles. The molecule has 134 valence electrons. The van der Waals surface area contributed by atoms with Crippen LogP contribution in [0.25, 0.3) is 39.0 Å². The molecule has 3 nitrogen and oxygen atoms in total. The zero-order chi connectivity index (χ0) is 18.9. The highest BCUT2D eigenvalue weighted by atomic mass is 35.5. The molecule has 0 aliphatic rings. The summed E-state index contributed by atoms with van der Waals surface area (Å²) in [5, 5.41) is 9.89. The Bertz CT molecular complexity index is 1240. The van der Waals surface area contributed by atoms with Gasteiger partial charge in [-0.3, -0.25) is 0 Å². The summed E-state index contributed by atoms with van der Waals surface area (Å²) in [7, 11) is 0. The standard InChI is InChI=1S/C24H16ClN3/c25-21-11-13-22(14-12-21)28-26-23-15-10-20(16-24(23)27-28)19-8-6-18(7-9-19)17-4-2-1-3-5-17/h1-16H. The van der Waals surface area contributed by atoms with Crippen molar-refractivity contribution in [2.24, 2.45) is 0 Å². The minimum atomic E-state index is 0.696. The van der Waals surface area contributed by atoms with Crippen LogP contribution in [0.3, 0.4) is 0 Å². The van der Waals surface area contributed by atoms with Crippen LogP contribution in [0, 0.1) is 0 Å². The minimum absolute atomic E-state index is 0.696. The van der Waals surface area contributed by atoms with Gasteiger partial charge in [-0.1, -0.05) is 72.3 Å². The van der Waals surface area contributed by atoms with E-state index < -0.39 is 0 Å². The van der Waals surface area contributed by atoms with Gasteiger partial charge in [0.05, 0.1) is 5.69 Å². The van der Waals surface area contributed by atoms with Crippen LogP contribution in [0.2, 0.25) is 5.02 Å². The zero-order valence-electron chi connectivity index (χ0n) is 15.0. The summed E-state index contributed by atoms with van der Waals surface area (Å²) in [5.74, 6) is 0. The van der Waals surface area contributed by atoms with Crippen molar-refractivity contribution in [1.29, 1.82) is 0 Å². The van der Waals surface area contributed by atoms with Crippen LogP contribution in [0.1, 0.15) is 0 Å². The molecule has 28 heavy (non-hydrogen) atoms. The van der Waals surface area contributed by atoms with Crippen LogP contribution in [0.4, 0.5) is 0 Å². The molecule has 1 heterocycles. The quantitative estimate of drug-likeness (QED) is 0.361. The number of rotatable bonds is 3. The molecule has 5 rings (SSSR count). The molecule has 1 aromatic heterocycles.